The smallest absolute Gasteiger partial charge is 0.234 e. The van der Waals surface area contributed by atoms with Gasteiger partial charge in [0.15, 0.2) is 5.82 Å². The van der Waals surface area contributed by atoms with Gasteiger partial charge in [-0.05, 0) is 30.0 Å². The van der Waals surface area contributed by atoms with E-state index in [1.165, 1.54) is 0 Å². The Bertz CT molecular complexity index is 935. The number of amides is 1. The molecule has 0 radical (unpaired) electrons. The van der Waals surface area contributed by atoms with E-state index < -0.39 is 0 Å². The molecule has 0 saturated carbocycles. The van der Waals surface area contributed by atoms with Crippen molar-refractivity contribution < 1.29 is 4.79 Å². The number of thiophene rings is 1. The average Bonchev–Trinajstić information content (AvgIpc) is 3.27. The molecule has 0 spiro atoms. The van der Waals surface area contributed by atoms with Gasteiger partial charge in [0.05, 0.1) is 12.1 Å². The zero-order chi connectivity index (χ0) is 19.3. The minimum absolute atomic E-state index is 0.113. The highest BCUT2D eigenvalue weighted by molar-refractivity contribution is 7.08. The van der Waals surface area contributed by atoms with Gasteiger partial charge in [-0.25, -0.2) is 9.97 Å². The van der Waals surface area contributed by atoms with Crippen molar-refractivity contribution in [2.75, 3.05) is 44.2 Å². The lowest BCUT2D eigenvalue weighted by atomic mass is 10.2. The van der Waals surface area contributed by atoms with Gasteiger partial charge in [-0.2, -0.15) is 11.3 Å². The van der Waals surface area contributed by atoms with Crippen molar-refractivity contribution in [1.29, 1.82) is 0 Å². The van der Waals surface area contributed by atoms with E-state index in [4.69, 9.17) is 9.97 Å². The first kappa shape index (κ1) is 18.8. The molecule has 0 unspecified atom stereocenters. The van der Waals surface area contributed by atoms with Crippen LogP contribution in [0.5, 0.6) is 0 Å². The molecule has 2 aromatic heterocycles. The first-order chi connectivity index (χ1) is 13.7. The highest BCUT2D eigenvalue weighted by atomic mass is 32.1. The zero-order valence-corrected chi connectivity index (χ0v) is 16.9. The molecule has 1 aromatic carbocycles. The van der Waals surface area contributed by atoms with Gasteiger partial charge in [0.25, 0.3) is 0 Å². The number of carbonyl (C=O) groups excluding carboxylic acids is 1. The molecule has 0 bridgehead atoms. The van der Waals surface area contributed by atoms with Gasteiger partial charge in [0.1, 0.15) is 5.82 Å². The standard InChI is InChI=1S/C21H25N5OS/c1-2-8-22-19(27)14-25-9-11-26(12-10-25)21-17-5-3-4-6-18(17)23-20(24-21)16-7-13-28-15-16/h3-7,13,15H,2,8-12,14H2,1H3,(H,22,27). The Kier molecular flexibility index (Phi) is 5.83. The van der Waals surface area contributed by atoms with E-state index in [9.17, 15) is 4.79 Å². The Hall–Kier alpha value is -2.51. The topological polar surface area (TPSA) is 61.4 Å². The second-order valence-electron chi connectivity index (χ2n) is 7.01. The molecule has 0 aliphatic carbocycles. The van der Waals surface area contributed by atoms with Crippen molar-refractivity contribution in [3.8, 4) is 11.4 Å². The van der Waals surface area contributed by atoms with Crippen molar-refractivity contribution in [3.05, 3.63) is 41.1 Å². The maximum absolute atomic E-state index is 12.0. The first-order valence-corrected chi connectivity index (χ1v) is 10.7. The SMILES string of the molecule is CCCNC(=O)CN1CCN(c2nc(-c3ccsc3)nc3ccccc23)CC1. The number of carbonyl (C=O) groups is 1. The van der Waals surface area contributed by atoms with Crippen LogP contribution in [0.4, 0.5) is 5.82 Å². The summed E-state index contributed by atoms with van der Waals surface area (Å²) in [6.45, 7) is 6.69. The van der Waals surface area contributed by atoms with Crippen molar-refractivity contribution in [2.24, 2.45) is 0 Å². The number of aromatic nitrogens is 2. The molecule has 1 aliphatic rings. The first-order valence-electron chi connectivity index (χ1n) is 9.78. The summed E-state index contributed by atoms with van der Waals surface area (Å²) in [5, 5.41) is 8.17. The number of benzene rings is 1. The van der Waals surface area contributed by atoms with Gasteiger partial charge >= 0.3 is 0 Å². The minimum Gasteiger partial charge on any atom is -0.355 e. The Morgan fingerprint density at radius 3 is 2.71 bits per heavy atom. The van der Waals surface area contributed by atoms with Gasteiger partial charge in [0.2, 0.25) is 5.91 Å². The van der Waals surface area contributed by atoms with Crippen LogP contribution in [0.15, 0.2) is 41.1 Å². The molecule has 1 aliphatic heterocycles. The summed E-state index contributed by atoms with van der Waals surface area (Å²) in [5.41, 5.74) is 2.03. The van der Waals surface area contributed by atoms with E-state index in [1.54, 1.807) is 11.3 Å². The minimum atomic E-state index is 0.113. The molecule has 1 amide bonds. The Balaban J connectivity index is 1.52. The second-order valence-corrected chi connectivity index (χ2v) is 7.79. The summed E-state index contributed by atoms with van der Waals surface area (Å²) in [4.78, 5) is 26.2. The third-order valence-electron chi connectivity index (χ3n) is 4.97. The van der Waals surface area contributed by atoms with Crippen molar-refractivity contribution in [3.63, 3.8) is 0 Å². The molecule has 28 heavy (non-hydrogen) atoms. The average molecular weight is 396 g/mol. The molecule has 3 aromatic rings. The number of anilines is 1. The monoisotopic (exact) mass is 395 g/mol. The van der Waals surface area contributed by atoms with Gasteiger partial charge < -0.3 is 10.2 Å². The van der Waals surface area contributed by atoms with Crippen LogP contribution in [0.2, 0.25) is 0 Å². The molecular weight excluding hydrogens is 370 g/mol. The molecular formula is C21H25N5OS. The van der Waals surface area contributed by atoms with Crippen LogP contribution in [0.3, 0.4) is 0 Å². The number of rotatable bonds is 6. The molecule has 1 fully saturated rings. The number of nitrogens with one attached hydrogen (secondary N) is 1. The fourth-order valence-corrected chi connectivity index (χ4v) is 4.10. The number of nitrogens with zero attached hydrogens (tertiary/aromatic N) is 4. The summed E-state index contributed by atoms with van der Waals surface area (Å²) < 4.78 is 0. The highest BCUT2D eigenvalue weighted by Crippen LogP contribution is 2.29. The van der Waals surface area contributed by atoms with Crippen molar-refractivity contribution in [1.82, 2.24) is 20.2 Å². The van der Waals surface area contributed by atoms with Crippen LogP contribution in [0.1, 0.15) is 13.3 Å². The van der Waals surface area contributed by atoms with Gasteiger partial charge in [-0.3, -0.25) is 9.69 Å². The van der Waals surface area contributed by atoms with E-state index in [2.05, 4.69) is 44.9 Å². The van der Waals surface area contributed by atoms with Crippen molar-refractivity contribution >= 4 is 34.0 Å². The summed E-state index contributed by atoms with van der Waals surface area (Å²) in [6.07, 6.45) is 0.965. The highest BCUT2D eigenvalue weighted by Gasteiger charge is 2.22. The third kappa shape index (κ3) is 4.15. The lowest BCUT2D eigenvalue weighted by molar-refractivity contribution is -0.122. The summed E-state index contributed by atoms with van der Waals surface area (Å²) in [5.74, 6) is 1.88. The fourth-order valence-electron chi connectivity index (χ4n) is 3.46. The predicted molar refractivity (Wildman–Crippen MR) is 115 cm³/mol. The van der Waals surface area contributed by atoms with Crippen LogP contribution in [0, 0.1) is 0 Å². The summed E-state index contributed by atoms with van der Waals surface area (Å²) >= 11 is 1.65. The number of piperazine rings is 1. The van der Waals surface area contributed by atoms with Gasteiger partial charge in [0, 0.05) is 49.1 Å². The molecule has 3 heterocycles. The maximum Gasteiger partial charge on any atom is 0.234 e. The Labute approximate surface area is 169 Å². The third-order valence-corrected chi connectivity index (χ3v) is 5.66. The lowest BCUT2D eigenvalue weighted by Crippen LogP contribution is -2.49. The number of hydrogen-bond donors (Lipinski definition) is 1. The second kappa shape index (κ2) is 8.67. The van der Waals surface area contributed by atoms with Crippen LogP contribution < -0.4 is 10.2 Å². The van der Waals surface area contributed by atoms with E-state index in [0.29, 0.717) is 6.54 Å². The van der Waals surface area contributed by atoms with Crippen LogP contribution >= 0.6 is 11.3 Å². The molecule has 1 saturated heterocycles. The largest absolute Gasteiger partial charge is 0.355 e. The quantitative estimate of drug-likeness (QED) is 0.695. The number of hydrogen-bond acceptors (Lipinski definition) is 6. The Morgan fingerprint density at radius 1 is 1.14 bits per heavy atom. The molecule has 7 heteroatoms. The van der Waals surface area contributed by atoms with E-state index in [-0.39, 0.29) is 5.91 Å². The normalized spacial score (nSPS) is 15.1. The summed E-state index contributed by atoms with van der Waals surface area (Å²) in [6, 6.07) is 10.2. The van der Waals surface area contributed by atoms with E-state index >= 15 is 0 Å². The van der Waals surface area contributed by atoms with E-state index in [0.717, 1.165) is 67.3 Å². The summed E-state index contributed by atoms with van der Waals surface area (Å²) in [7, 11) is 0. The van der Waals surface area contributed by atoms with Crippen LogP contribution in [0.25, 0.3) is 22.3 Å². The molecule has 0 atom stereocenters. The lowest BCUT2D eigenvalue weighted by Gasteiger charge is -2.35. The number of para-hydroxylation sites is 1. The molecule has 146 valence electrons. The molecule has 4 rings (SSSR count). The van der Waals surface area contributed by atoms with Crippen LogP contribution in [-0.4, -0.2) is 60.0 Å². The number of fused-ring (bicyclic) bond motifs is 1. The Morgan fingerprint density at radius 2 is 1.96 bits per heavy atom. The molecule has 6 nitrogen and oxygen atoms in total. The van der Waals surface area contributed by atoms with Crippen molar-refractivity contribution in [2.45, 2.75) is 13.3 Å². The van der Waals surface area contributed by atoms with Gasteiger partial charge in [-0.15, -0.1) is 0 Å². The zero-order valence-electron chi connectivity index (χ0n) is 16.1. The van der Waals surface area contributed by atoms with Crippen LogP contribution in [-0.2, 0) is 4.79 Å². The maximum atomic E-state index is 12.0. The fraction of sp³-hybridized carbons (Fsp3) is 0.381. The van der Waals surface area contributed by atoms with Gasteiger partial charge in [-0.1, -0.05) is 19.1 Å². The predicted octanol–water partition coefficient (Wildman–Crippen LogP) is 3.01. The van der Waals surface area contributed by atoms with E-state index in [1.807, 2.05) is 18.2 Å². The molecule has 1 N–H and O–H groups in total.